The van der Waals surface area contributed by atoms with Crippen LogP contribution in [0.3, 0.4) is 0 Å². The van der Waals surface area contributed by atoms with Gasteiger partial charge in [0, 0.05) is 24.6 Å². The summed E-state index contributed by atoms with van der Waals surface area (Å²) in [5.74, 6) is -0.169. The van der Waals surface area contributed by atoms with Crippen molar-refractivity contribution in [3.05, 3.63) is 12.2 Å². The third-order valence-corrected chi connectivity index (χ3v) is 2.75. The summed E-state index contributed by atoms with van der Waals surface area (Å²) in [4.78, 5) is 22.8. The number of carbonyl (C=O) groups is 2. The predicted octanol–water partition coefficient (Wildman–Crippen LogP) is 2.58. The minimum atomic E-state index is -0.201. The van der Waals surface area contributed by atoms with Crippen molar-refractivity contribution in [2.45, 2.75) is 71.9 Å². The standard InChI is InChI=1S/C16H30N2O2/c1-13(2)17-12-8-6-5-7-9-15(19)10-11-16(20)18-14(3)4/h10-11,13-14,17H,5-9,12H2,1-4H3,(H,18,20)/b11-10+. The largest absolute Gasteiger partial charge is 0.350 e. The van der Waals surface area contributed by atoms with Gasteiger partial charge >= 0.3 is 0 Å². The van der Waals surface area contributed by atoms with Crippen molar-refractivity contribution < 1.29 is 9.59 Å². The molecule has 0 aliphatic heterocycles. The molecule has 116 valence electrons. The van der Waals surface area contributed by atoms with Gasteiger partial charge in [0.1, 0.15) is 0 Å². The number of ketones is 1. The maximum atomic E-state index is 11.5. The van der Waals surface area contributed by atoms with Crippen LogP contribution in [0.1, 0.15) is 59.8 Å². The van der Waals surface area contributed by atoms with Crippen molar-refractivity contribution in [3.63, 3.8) is 0 Å². The van der Waals surface area contributed by atoms with E-state index in [2.05, 4.69) is 24.5 Å². The van der Waals surface area contributed by atoms with Gasteiger partial charge in [-0.3, -0.25) is 9.59 Å². The third kappa shape index (κ3) is 13.3. The molecule has 0 aromatic carbocycles. The Kier molecular flexibility index (Phi) is 11.0. The minimum Gasteiger partial charge on any atom is -0.350 e. The van der Waals surface area contributed by atoms with Crippen molar-refractivity contribution in [2.24, 2.45) is 0 Å². The fraction of sp³-hybridized carbons (Fsp3) is 0.750. The molecule has 0 aromatic heterocycles. The summed E-state index contributed by atoms with van der Waals surface area (Å²) in [6.07, 6.45) is 7.51. The molecule has 20 heavy (non-hydrogen) atoms. The molecule has 0 saturated carbocycles. The van der Waals surface area contributed by atoms with Crippen molar-refractivity contribution in [3.8, 4) is 0 Å². The van der Waals surface area contributed by atoms with E-state index in [-0.39, 0.29) is 17.7 Å². The molecule has 0 unspecified atom stereocenters. The summed E-state index contributed by atoms with van der Waals surface area (Å²) in [5.41, 5.74) is 0. The molecule has 0 fully saturated rings. The van der Waals surface area contributed by atoms with E-state index in [9.17, 15) is 9.59 Å². The van der Waals surface area contributed by atoms with Gasteiger partial charge in [0.2, 0.25) is 5.91 Å². The normalized spacial score (nSPS) is 11.5. The molecular formula is C16H30N2O2. The van der Waals surface area contributed by atoms with Gasteiger partial charge in [-0.2, -0.15) is 0 Å². The lowest BCUT2D eigenvalue weighted by molar-refractivity contribution is -0.118. The van der Waals surface area contributed by atoms with E-state index in [0.717, 1.165) is 32.2 Å². The Balaban J connectivity index is 3.54. The number of hydrogen-bond donors (Lipinski definition) is 2. The molecule has 0 aliphatic rings. The van der Waals surface area contributed by atoms with Crippen molar-refractivity contribution in [2.75, 3.05) is 6.54 Å². The van der Waals surface area contributed by atoms with Crippen LogP contribution in [0.15, 0.2) is 12.2 Å². The van der Waals surface area contributed by atoms with Gasteiger partial charge in [0.25, 0.3) is 0 Å². The van der Waals surface area contributed by atoms with Gasteiger partial charge in [-0.25, -0.2) is 0 Å². The number of rotatable bonds is 11. The highest BCUT2D eigenvalue weighted by Crippen LogP contribution is 2.03. The van der Waals surface area contributed by atoms with Crippen molar-refractivity contribution >= 4 is 11.7 Å². The molecule has 0 aromatic rings. The van der Waals surface area contributed by atoms with Gasteiger partial charge in [0.05, 0.1) is 0 Å². The first-order valence-corrected chi connectivity index (χ1v) is 7.66. The Morgan fingerprint density at radius 3 is 2.15 bits per heavy atom. The first-order valence-electron chi connectivity index (χ1n) is 7.66. The first-order chi connectivity index (χ1) is 9.41. The quantitative estimate of drug-likeness (QED) is 0.452. The van der Waals surface area contributed by atoms with Crippen LogP contribution < -0.4 is 10.6 Å². The van der Waals surface area contributed by atoms with Crippen LogP contribution in [-0.4, -0.2) is 30.3 Å². The average Bonchev–Trinajstić information content (AvgIpc) is 2.34. The van der Waals surface area contributed by atoms with Crippen molar-refractivity contribution in [1.29, 1.82) is 0 Å². The van der Waals surface area contributed by atoms with Gasteiger partial charge in [-0.1, -0.05) is 26.7 Å². The zero-order valence-corrected chi connectivity index (χ0v) is 13.4. The Labute approximate surface area is 123 Å². The summed E-state index contributed by atoms with van der Waals surface area (Å²) < 4.78 is 0. The highest BCUT2D eigenvalue weighted by atomic mass is 16.1. The zero-order chi connectivity index (χ0) is 15.4. The molecule has 0 rings (SSSR count). The number of carbonyl (C=O) groups excluding carboxylic acids is 2. The third-order valence-electron chi connectivity index (χ3n) is 2.75. The summed E-state index contributed by atoms with van der Waals surface area (Å²) in [7, 11) is 0. The van der Waals surface area contributed by atoms with E-state index >= 15 is 0 Å². The highest BCUT2D eigenvalue weighted by molar-refractivity contribution is 5.97. The minimum absolute atomic E-state index is 0.0317. The molecule has 0 radical (unpaired) electrons. The number of amides is 1. The van der Waals surface area contributed by atoms with Crippen LogP contribution in [-0.2, 0) is 9.59 Å². The first kappa shape index (κ1) is 18.8. The predicted molar refractivity (Wildman–Crippen MR) is 83.6 cm³/mol. The van der Waals surface area contributed by atoms with Crippen LogP contribution in [0.25, 0.3) is 0 Å². The monoisotopic (exact) mass is 282 g/mol. The lowest BCUT2D eigenvalue weighted by atomic mass is 10.1. The maximum absolute atomic E-state index is 11.5. The highest BCUT2D eigenvalue weighted by Gasteiger charge is 2.01. The topological polar surface area (TPSA) is 58.2 Å². The molecule has 4 heteroatoms. The van der Waals surface area contributed by atoms with Gasteiger partial charge < -0.3 is 10.6 Å². The summed E-state index contributed by atoms with van der Waals surface area (Å²) >= 11 is 0. The van der Waals surface area contributed by atoms with E-state index in [1.807, 2.05) is 13.8 Å². The Morgan fingerprint density at radius 1 is 0.900 bits per heavy atom. The fourth-order valence-electron chi connectivity index (χ4n) is 1.75. The lowest BCUT2D eigenvalue weighted by Gasteiger charge is -2.07. The van der Waals surface area contributed by atoms with Crippen LogP contribution in [0.5, 0.6) is 0 Å². The van der Waals surface area contributed by atoms with Crippen LogP contribution >= 0.6 is 0 Å². The molecular weight excluding hydrogens is 252 g/mol. The Hall–Kier alpha value is -1.16. The summed E-state index contributed by atoms with van der Waals surface area (Å²) in [5, 5.41) is 6.08. The Bertz CT molecular complexity index is 310. The Morgan fingerprint density at radius 2 is 1.55 bits per heavy atom. The smallest absolute Gasteiger partial charge is 0.244 e. The van der Waals surface area contributed by atoms with Gasteiger partial charge in [-0.15, -0.1) is 0 Å². The van der Waals surface area contributed by atoms with E-state index in [0.29, 0.717) is 12.5 Å². The second-order valence-electron chi connectivity index (χ2n) is 5.74. The average molecular weight is 282 g/mol. The van der Waals surface area contributed by atoms with E-state index in [4.69, 9.17) is 0 Å². The summed E-state index contributed by atoms with van der Waals surface area (Å²) in [6, 6.07) is 0.639. The van der Waals surface area contributed by atoms with E-state index < -0.39 is 0 Å². The van der Waals surface area contributed by atoms with E-state index in [1.54, 1.807) is 0 Å². The number of allylic oxidation sites excluding steroid dienone is 1. The molecule has 0 bridgehead atoms. The van der Waals surface area contributed by atoms with E-state index in [1.165, 1.54) is 12.2 Å². The molecule has 0 spiro atoms. The zero-order valence-electron chi connectivity index (χ0n) is 13.4. The number of unbranched alkanes of at least 4 members (excludes halogenated alkanes) is 3. The molecule has 1 amide bonds. The molecule has 4 nitrogen and oxygen atoms in total. The number of hydrogen-bond acceptors (Lipinski definition) is 3. The second-order valence-corrected chi connectivity index (χ2v) is 5.74. The van der Waals surface area contributed by atoms with Gasteiger partial charge in [0.15, 0.2) is 5.78 Å². The molecule has 2 N–H and O–H groups in total. The van der Waals surface area contributed by atoms with Gasteiger partial charge in [-0.05, 0) is 39.3 Å². The molecule has 0 saturated heterocycles. The number of nitrogens with one attached hydrogen (secondary N) is 2. The molecule has 0 atom stereocenters. The van der Waals surface area contributed by atoms with Crippen LogP contribution in [0.2, 0.25) is 0 Å². The SMILES string of the molecule is CC(C)NCCCCCCC(=O)/C=C/C(=O)NC(C)C. The fourth-order valence-corrected chi connectivity index (χ4v) is 1.75. The summed E-state index contributed by atoms with van der Waals surface area (Å²) in [6.45, 7) is 9.10. The lowest BCUT2D eigenvalue weighted by Crippen LogP contribution is -2.28. The molecule has 0 heterocycles. The maximum Gasteiger partial charge on any atom is 0.244 e. The second kappa shape index (κ2) is 11.6. The van der Waals surface area contributed by atoms with Crippen LogP contribution in [0.4, 0.5) is 0 Å². The van der Waals surface area contributed by atoms with Crippen LogP contribution in [0, 0.1) is 0 Å². The molecule has 0 aliphatic carbocycles. The van der Waals surface area contributed by atoms with Crippen molar-refractivity contribution in [1.82, 2.24) is 10.6 Å².